The number of benzene rings is 3. The summed E-state index contributed by atoms with van der Waals surface area (Å²) >= 11 is 0. The van der Waals surface area contributed by atoms with Gasteiger partial charge in [0.2, 0.25) is 0 Å². The van der Waals surface area contributed by atoms with E-state index < -0.39 is 23.8 Å². The lowest BCUT2D eigenvalue weighted by Gasteiger charge is -2.24. The molecule has 0 amide bonds. The van der Waals surface area contributed by atoms with Gasteiger partial charge in [-0.25, -0.2) is 0 Å². The van der Waals surface area contributed by atoms with Gasteiger partial charge in [0.25, 0.3) is 0 Å². The molecule has 182 valence electrons. The Kier molecular flexibility index (Phi) is 9.60. The van der Waals surface area contributed by atoms with Crippen molar-refractivity contribution in [1.29, 1.82) is 0 Å². The molecule has 3 rings (SSSR count). The zero-order valence-corrected chi connectivity index (χ0v) is 20.0. The molecule has 0 N–H and O–H groups in total. The number of hydrogen-bond donors (Lipinski definition) is 0. The largest absolute Gasteiger partial charge is 0.488 e. The van der Waals surface area contributed by atoms with Crippen molar-refractivity contribution in [3.63, 3.8) is 0 Å². The maximum absolute atomic E-state index is 13.5. The summed E-state index contributed by atoms with van der Waals surface area (Å²) in [6.07, 6.45) is -0.0992. The van der Waals surface area contributed by atoms with Crippen molar-refractivity contribution in [2.24, 2.45) is 5.92 Å². The molecule has 1 atom stereocenters. The first-order valence-electron chi connectivity index (χ1n) is 11.7. The highest BCUT2D eigenvalue weighted by atomic mass is 16.6. The van der Waals surface area contributed by atoms with Crippen LogP contribution in [0.4, 0.5) is 0 Å². The van der Waals surface area contributed by atoms with Crippen LogP contribution in [0, 0.1) is 5.92 Å². The van der Waals surface area contributed by atoms with Crippen LogP contribution in [0.1, 0.15) is 47.7 Å². The summed E-state index contributed by atoms with van der Waals surface area (Å²) in [6, 6.07) is 25.7. The third-order valence-corrected chi connectivity index (χ3v) is 5.54. The molecule has 0 radical (unpaired) electrons. The number of ketones is 1. The van der Waals surface area contributed by atoms with E-state index in [1.54, 1.807) is 62.4 Å². The van der Waals surface area contributed by atoms with Crippen molar-refractivity contribution in [2.45, 2.75) is 32.8 Å². The quantitative estimate of drug-likeness (QED) is 0.200. The van der Waals surface area contributed by atoms with Crippen LogP contribution in [0.3, 0.4) is 0 Å². The van der Waals surface area contributed by atoms with Crippen molar-refractivity contribution in [1.82, 2.24) is 0 Å². The molecule has 6 heteroatoms. The average Bonchev–Trinajstić information content (AvgIpc) is 2.88. The number of rotatable bonds is 12. The van der Waals surface area contributed by atoms with E-state index in [0.29, 0.717) is 23.5 Å². The van der Waals surface area contributed by atoms with Crippen molar-refractivity contribution < 1.29 is 28.6 Å². The molecule has 0 fully saturated rings. The predicted molar refractivity (Wildman–Crippen MR) is 132 cm³/mol. The standard InChI is InChI=1S/C29H30O6/c1-3-33-28(31)27(29(32)34-4-2)24(22-15-9-6-10-16-22)19-25(30)23-17-11-12-18-26(23)35-20-21-13-7-5-8-14-21/h5-18,24,27H,3-4,19-20H2,1-2H3. The number of ether oxygens (including phenoxy) is 3. The highest BCUT2D eigenvalue weighted by Gasteiger charge is 2.39. The van der Waals surface area contributed by atoms with E-state index in [1.807, 2.05) is 36.4 Å². The van der Waals surface area contributed by atoms with Gasteiger partial charge in [-0.3, -0.25) is 14.4 Å². The summed E-state index contributed by atoms with van der Waals surface area (Å²) in [7, 11) is 0. The zero-order chi connectivity index (χ0) is 25.0. The molecule has 0 aliphatic heterocycles. The summed E-state index contributed by atoms with van der Waals surface area (Å²) in [5.41, 5.74) is 2.03. The third kappa shape index (κ3) is 7.03. The molecule has 0 aliphatic rings. The maximum atomic E-state index is 13.5. The van der Waals surface area contributed by atoms with Crippen molar-refractivity contribution in [2.75, 3.05) is 13.2 Å². The van der Waals surface area contributed by atoms with E-state index >= 15 is 0 Å². The molecular formula is C29H30O6. The van der Waals surface area contributed by atoms with Gasteiger partial charge in [-0.05, 0) is 37.1 Å². The first kappa shape index (κ1) is 25.7. The van der Waals surface area contributed by atoms with E-state index in [-0.39, 0.29) is 25.4 Å². The van der Waals surface area contributed by atoms with Crippen LogP contribution in [0.2, 0.25) is 0 Å². The predicted octanol–water partition coefficient (Wildman–Crippen LogP) is 5.36. The molecule has 35 heavy (non-hydrogen) atoms. The highest BCUT2D eigenvalue weighted by molar-refractivity contribution is 6.01. The van der Waals surface area contributed by atoms with Gasteiger partial charge in [0.15, 0.2) is 11.7 Å². The van der Waals surface area contributed by atoms with E-state index in [2.05, 4.69) is 0 Å². The van der Waals surface area contributed by atoms with Gasteiger partial charge in [0, 0.05) is 12.3 Å². The molecule has 3 aromatic rings. The lowest BCUT2D eigenvalue weighted by atomic mass is 9.81. The summed E-state index contributed by atoms with van der Waals surface area (Å²) in [4.78, 5) is 39.3. The molecule has 6 nitrogen and oxygen atoms in total. The summed E-state index contributed by atoms with van der Waals surface area (Å²) in [6.45, 7) is 3.87. The topological polar surface area (TPSA) is 78.9 Å². The Morgan fingerprint density at radius 1 is 0.714 bits per heavy atom. The Morgan fingerprint density at radius 2 is 1.26 bits per heavy atom. The molecule has 0 aromatic heterocycles. The van der Waals surface area contributed by atoms with Crippen LogP contribution in [-0.2, 0) is 25.7 Å². The molecule has 1 unspecified atom stereocenters. The van der Waals surface area contributed by atoms with Crippen LogP contribution >= 0.6 is 0 Å². The summed E-state index contributed by atoms with van der Waals surface area (Å²) in [5.74, 6) is -3.25. The van der Waals surface area contributed by atoms with Gasteiger partial charge < -0.3 is 14.2 Å². The minimum absolute atomic E-state index is 0.0992. The number of Topliss-reactive ketones (excluding diaryl/α,β-unsaturated/α-hetero) is 1. The molecule has 0 heterocycles. The van der Waals surface area contributed by atoms with Gasteiger partial charge >= 0.3 is 11.9 Å². The molecule has 0 spiro atoms. The SMILES string of the molecule is CCOC(=O)C(C(=O)OCC)C(CC(=O)c1ccccc1OCc1ccccc1)c1ccccc1. The van der Waals surface area contributed by atoms with Crippen LogP contribution in [0.25, 0.3) is 0 Å². The Labute approximate surface area is 205 Å². The fourth-order valence-corrected chi connectivity index (χ4v) is 3.89. The van der Waals surface area contributed by atoms with Crippen molar-refractivity contribution in [3.05, 3.63) is 102 Å². The lowest BCUT2D eigenvalue weighted by molar-refractivity contribution is -0.162. The zero-order valence-electron chi connectivity index (χ0n) is 20.0. The molecule has 0 saturated carbocycles. The van der Waals surface area contributed by atoms with Crippen LogP contribution < -0.4 is 4.74 Å². The second kappa shape index (κ2) is 13.1. The summed E-state index contributed by atoms with van der Waals surface area (Å²) < 4.78 is 16.4. The molecule has 3 aromatic carbocycles. The summed E-state index contributed by atoms with van der Waals surface area (Å²) in [5, 5.41) is 0. The van der Waals surface area contributed by atoms with Crippen LogP contribution in [0.5, 0.6) is 5.75 Å². The lowest BCUT2D eigenvalue weighted by Crippen LogP contribution is -2.34. The fourth-order valence-electron chi connectivity index (χ4n) is 3.89. The van der Waals surface area contributed by atoms with Gasteiger partial charge in [0.1, 0.15) is 12.4 Å². The highest BCUT2D eigenvalue weighted by Crippen LogP contribution is 2.33. The first-order valence-corrected chi connectivity index (χ1v) is 11.7. The fraction of sp³-hybridized carbons (Fsp3) is 0.276. The first-order chi connectivity index (χ1) is 17.0. The molecule has 0 bridgehead atoms. The Balaban J connectivity index is 1.91. The Bertz CT molecular complexity index is 1090. The third-order valence-electron chi connectivity index (χ3n) is 5.54. The Morgan fingerprint density at radius 3 is 1.86 bits per heavy atom. The van der Waals surface area contributed by atoms with Gasteiger partial charge in [-0.2, -0.15) is 0 Å². The van der Waals surface area contributed by atoms with Crippen LogP contribution in [0.15, 0.2) is 84.9 Å². The van der Waals surface area contributed by atoms with Gasteiger partial charge in [0.05, 0.1) is 18.8 Å². The van der Waals surface area contributed by atoms with E-state index in [1.165, 1.54) is 0 Å². The second-order valence-electron chi connectivity index (χ2n) is 7.90. The molecule has 0 saturated heterocycles. The molecular weight excluding hydrogens is 444 g/mol. The number of carbonyl (C=O) groups excluding carboxylic acids is 3. The normalized spacial score (nSPS) is 11.5. The Hall–Kier alpha value is -3.93. The minimum Gasteiger partial charge on any atom is -0.488 e. The maximum Gasteiger partial charge on any atom is 0.320 e. The smallest absolute Gasteiger partial charge is 0.320 e. The van der Waals surface area contributed by atoms with Crippen molar-refractivity contribution in [3.8, 4) is 5.75 Å². The van der Waals surface area contributed by atoms with Gasteiger partial charge in [-0.15, -0.1) is 0 Å². The monoisotopic (exact) mass is 474 g/mol. The van der Waals surface area contributed by atoms with E-state index in [9.17, 15) is 14.4 Å². The number of esters is 2. The minimum atomic E-state index is -1.27. The second-order valence-corrected chi connectivity index (χ2v) is 7.90. The number of hydrogen-bond acceptors (Lipinski definition) is 6. The van der Waals surface area contributed by atoms with E-state index in [0.717, 1.165) is 5.56 Å². The van der Waals surface area contributed by atoms with Gasteiger partial charge in [-0.1, -0.05) is 72.8 Å². The van der Waals surface area contributed by atoms with Crippen molar-refractivity contribution >= 4 is 17.7 Å². The number of carbonyl (C=O) groups is 3. The molecule has 0 aliphatic carbocycles. The number of para-hydroxylation sites is 1. The van der Waals surface area contributed by atoms with Crippen LogP contribution in [-0.4, -0.2) is 30.9 Å². The average molecular weight is 475 g/mol. The van der Waals surface area contributed by atoms with E-state index in [4.69, 9.17) is 14.2 Å².